The second-order valence-corrected chi connectivity index (χ2v) is 4.85. The van der Waals surface area contributed by atoms with Gasteiger partial charge >= 0.3 is 11.0 Å². The summed E-state index contributed by atoms with van der Waals surface area (Å²) in [5.41, 5.74) is 5.70. The van der Waals surface area contributed by atoms with Crippen molar-refractivity contribution < 1.29 is 19.3 Å². The highest BCUT2D eigenvalue weighted by Crippen LogP contribution is 2.25. The van der Waals surface area contributed by atoms with E-state index in [0.29, 0.717) is 34.8 Å². The first-order valence-electron chi connectivity index (χ1n) is 6.87. The van der Waals surface area contributed by atoms with Gasteiger partial charge < -0.3 is 26.0 Å². The highest BCUT2D eigenvalue weighted by molar-refractivity contribution is 5.83. The predicted octanol–water partition coefficient (Wildman–Crippen LogP) is 0.693. The molecule has 22 heavy (non-hydrogen) atoms. The zero-order chi connectivity index (χ0) is 15.7. The summed E-state index contributed by atoms with van der Waals surface area (Å²) in [6.07, 6.45) is 0.640. The van der Waals surface area contributed by atoms with Crippen molar-refractivity contribution >= 4 is 22.1 Å². The number of aromatic nitrogens is 2. The zero-order valence-electron chi connectivity index (χ0n) is 11.7. The van der Waals surface area contributed by atoms with Gasteiger partial charge in [0.15, 0.2) is 11.5 Å². The van der Waals surface area contributed by atoms with Gasteiger partial charge in [-0.2, -0.15) is 9.46 Å². The minimum absolute atomic E-state index is 0.0656. The Morgan fingerprint density at radius 2 is 1.64 bits per heavy atom. The molecule has 0 fully saturated rings. The fourth-order valence-corrected chi connectivity index (χ4v) is 2.39. The largest absolute Gasteiger partial charge is 0.617 e. The Morgan fingerprint density at radius 3 is 2.36 bits per heavy atom. The minimum atomic E-state index is -0.242. The van der Waals surface area contributed by atoms with Crippen LogP contribution in [0.1, 0.15) is 6.42 Å². The monoisotopic (exact) mass is 301 g/mol. The van der Waals surface area contributed by atoms with Crippen molar-refractivity contribution in [3.63, 3.8) is 0 Å². The van der Waals surface area contributed by atoms with E-state index in [1.165, 1.54) is 24.3 Å². The van der Waals surface area contributed by atoms with E-state index in [1.807, 2.05) is 0 Å². The Kier molecular flexibility index (Phi) is 3.56. The van der Waals surface area contributed by atoms with E-state index in [4.69, 9.17) is 10.5 Å². The molecule has 3 rings (SSSR count). The van der Waals surface area contributed by atoms with E-state index in [2.05, 4.69) is 0 Å². The molecule has 0 aliphatic rings. The molecule has 7 nitrogen and oxygen atoms in total. The van der Waals surface area contributed by atoms with Crippen molar-refractivity contribution in [3.05, 3.63) is 46.8 Å². The molecule has 3 aromatic rings. The van der Waals surface area contributed by atoms with Crippen LogP contribution in [0.25, 0.3) is 22.1 Å². The van der Waals surface area contributed by atoms with Gasteiger partial charge in [-0.3, -0.25) is 0 Å². The molecule has 1 aromatic heterocycles. The number of ether oxygens (including phenoxy) is 1. The fraction of sp³-hybridized carbons (Fsp3) is 0.200. The number of hydrogen-bond acceptors (Lipinski definition) is 5. The molecule has 7 heteroatoms. The van der Waals surface area contributed by atoms with Gasteiger partial charge in [0.05, 0.1) is 6.61 Å². The molecule has 0 bridgehead atoms. The van der Waals surface area contributed by atoms with Crippen LogP contribution in [-0.4, -0.2) is 18.3 Å². The quantitative estimate of drug-likeness (QED) is 0.319. The third-order valence-corrected chi connectivity index (χ3v) is 3.42. The third kappa shape index (κ3) is 2.11. The molecule has 0 spiro atoms. The van der Waals surface area contributed by atoms with Gasteiger partial charge in [0.2, 0.25) is 0 Å². The van der Waals surface area contributed by atoms with Crippen molar-refractivity contribution in [2.24, 2.45) is 5.73 Å². The summed E-state index contributed by atoms with van der Waals surface area (Å²) in [6.45, 7) is 0.826. The normalized spacial score (nSPS) is 11.1. The first kappa shape index (κ1) is 14.2. The number of phenols is 1. The Balaban J connectivity index is 2.31. The van der Waals surface area contributed by atoms with Crippen LogP contribution in [0.2, 0.25) is 0 Å². The molecular formula is C15H15N3O4. The minimum Gasteiger partial charge on any atom is -0.617 e. The Hall–Kier alpha value is -2.80. The second-order valence-electron chi connectivity index (χ2n) is 4.85. The van der Waals surface area contributed by atoms with Crippen LogP contribution in [0.15, 0.2) is 36.4 Å². The molecule has 1 heterocycles. The lowest BCUT2D eigenvalue weighted by atomic mass is 10.2. The van der Waals surface area contributed by atoms with E-state index < -0.39 is 0 Å². The second kappa shape index (κ2) is 5.53. The molecule has 0 saturated carbocycles. The van der Waals surface area contributed by atoms with Crippen LogP contribution in [0.5, 0.6) is 11.5 Å². The van der Waals surface area contributed by atoms with E-state index in [0.717, 1.165) is 0 Å². The van der Waals surface area contributed by atoms with Gasteiger partial charge in [0, 0.05) is 12.1 Å². The van der Waals surface area contributed by atoms with Crippen LogP contribution >= 0.6 is 0 Å². The molecule has 3 N–H and O–H groups in total. The lowest BCUT2D eigenvalue weighted by Crippen LogP contribution is -2.39. The van der Waals surface area contributed by atoms with E-state index >= 15 is 0 Å². The predicted molar refractivity (Wildman–Crippen MR) is 80.2 cm³/mol. The maximum atomic E-state index is 12.6. The van der Waals surface area contributed by atoms with Crippen LogP contribution < -0.4 is 19.9 Å². The van der Waals surface area contributed by atoms with Crippen molar-refractivity contribution in [1.82, 2.24) is 0 Å². The number of phenolic OH excluding ortho intramolecular Hbond substituents is 1. The maximum absolute atomic E-state index is 12.6. The third-order valence-electron chi connectivity index (χ3n) is 3.42. The highest BCUT2D eigenvalue weighted by atomic mass is 16.5. The number of benzene rings is 2. The number of nitrogens with two attached hydrogens (primary N) is 1. The number of fused-ring (bicyclic) bond motifs is 2. The summed E-state index contributed by atoms with van der Waals surface area (Å²) < 4.78 is 6.71. The molecule has 2 aromatic carbocycles. The van der Waals surface area contributed by atoms with Crippen molar-refractivity contribution in [2.75, 3.05) is 13.2 Å². The topological polar surface area (TPSA) is 109 Å². The first-order valence-corrected chi connectivity index (χ1v) is 6.87. The fourth-order valence-electron chi connectivity index (χ4n) is 2.39. The average molecular weight is 301 g/mol. The van der Waals surface area contributed by atoms with Gasteiger partial charge in [-0.1, -0.05) is 12.1 Å². The number of aromatic hydroxyl groups is 1. The molecule has 0 amide bonds. The molecule has 0 atom stereocenters. The van der Waals surface area contributed by atoms with Gasteiger partial charge in [-0.05, 0) is 25.1 Å². The molecule has 0 unspecified atom stereocenters. The first-order chi connectivity index (χ1) is 10.6. The molecule has 0 aliphatic heterocycles. The van der Waals surface area contributed by atoms with E-state index in [9.17, 15) is 15.5 Å². The highest BCUT2D eigenvalue weighted by Gasteiger charge is 2.26. The summed E-state index contributed by atoms with van der Waals surface area (Å²) in [4.78, 5) is 0. The Labute approximate surface area is 125 Å². The number of hydrogen-bond donors (Lipinski definition) is 2. The molecule has 0 saturated heterocycles. The summed E-state index contributed by atoms with van der Waals surface area (Å²) in [6, 6.07) is 9.12. The molecular weight excluding hydrogens is 286 g/mol. The molecule has 114 valence electrons. The van der Waals surface area contributed by atoms with Gasteiger partial charge in [0.25, 0.3) is 11.0 Å². The summed E-state index contributed by atoms with van der Waals surface area (Å²) in [7, 11) is 0. The lowest BCUT2D eigenvalue weighted by Gasteiger charge is -2.11. The number of rotatable bonds is 4. The van der Waals surface area contributed by atoms with Crippen LogP contribution in [0.4, 0.5) is 0 Å². The lowest BCUT2D eigenvalue weighted by molar-refractivity contribution is -0.591. The number of para-hydroxylation sites is 2. The SMILES string of the molecule is NCCCOc1cccc2c1[n+]([O-])c1cccc(O)c1[n+]2[O-]. The zero-order valence-corrected chi connectivity index (χ0v) is 11.7. The standard InChI is InChI=1S/C15H15N3O4/c16-8-3-9-22-13-7-2-5-11-15(13)18(21)10-4-1-6-12(19)14(10)17(11)20/h1-2,4-7,19H,3,8-9,16H2. The average Bonchev–Trinajstić information content (AvgIpc) is 2.52. The summed E-state index contributed by atoms with van der Waals surface area (Å²) >= 11 is 0. The van der Waals surface area contributed by atoms with Crippen LogP contribution in [0.3, 0.4) is 0 Å². The van der Waals surface area contributed by atoms with Crippen molar-refractivity contribution in [3.8, 4) is 11.5 Å². The molecule has 0 aliphatic carbocycles. The maximum Gasteiger partial charge on any atom is 0.332 e. The summed E-state index contributed by atoms with van der Waals surface area (Å²) in [5.74, 6) is 0.0734. The van der Waals surface area contributed by atoms with Crippen molar-refractivity contribution in [2.45, 2.75) is 6.42 Å². The van der Waals surface area contributed by atoms with Gasteiger partial charge in [0.1, 0.15) is 0 Å². The number of nitrogens with zero attached hydrogens (tertiary/aromatic N) is 2. The summed E-state index contributed by atoms with van der Waals surface area (Å²) in [5, 5.41) is 34.9. The Morgan fingerprint density at radius 1 is 1.00 bits per heavy atom. The van der Waals surface area contributed by atoms with Gasteiger partial charge in [-0.15, -0.1) is 0 Å². The van der Waals surface area contributed by atoms with E-state index in [1.54, 1.807) is 12.1 Å². The van der Waals surface area contributed by atoms with Crippen LogP contribution in [0, 0.1) is 10.4 Å². The Bertz CT molecular complexity index is 851. The van der Waals surface area contributed by atoms with Crippen LogP contribution in [-0.2, 0) is 0 Å². The molecule has 0 radical (unpaired) electrons. The van der Waals surface area contributed by atoms with E-state index in [-0.39, 0.29) is 27.8 Å². The smallest absolute Gasteiger partial charge is 0.332 e. The van der Waals surface area contributed by atoms with Crippen molar-refractivity contribution in [1.29, 1.82) is 0 Å². The van der Waals surface area contributed by atoms with Gasteiger partial charge in [-0.25, -0.2) is 0 Å².